The second-order valence-corrected chi connectivity index (χ2v) is 11.2. The molecular weight excluding hydrogens is 551 g/mol. The highest BCUT2D eigenvalue weighted by atomic mass is 79.9. The zero-order chi connectivity index (χ0) is 24.9. The summed E-state index contributed by atoms with van der Waals surface area (Å²) in [6.45, 7) is 5.24. The molecule has 12 heteroatoms. The van der Waals surface area contributed by atoms with Gasteiger partial charge in [-0.1, -0.05) is 40.5 Å². The van der Waals surface area contributed by atoms with E-state index < -0.39 is 33.6 Å². The van der Waals surface area contributed by atoms with Gasteiger partial charge in [-0.15, -0.1) is 5.10 Å². The number of halogens is 3. The molecule has 0 amide bonds. The van der Waals surface area contributed by atoms with E-state index in [0.29, 0.717) is 27.4 Å². The number of alkyl halides is 1. The first-order valence-corrected chi connectivity index (χ1v) is 13.3. The lowest BCUT2D eigenvalue weighted by Gasteiger charge is -2.41. The van der Waals surface area contributed by atoms with Crippen LogP contribution >= 0.6 is 27.5 Å². The number of aromatic amines is 1. The predicted octanol–water partition coefficient (Wildman–Crippen LogP) is 4.61. The van der Waals surface area contributed by atoms with Gasteiger partial charge in [0.15, 0.2) is 0 Å². The smallest absolute Gasteiger partial charge is 0.391 e. The maximum atomic E-state index is 15.1. The maximum Gasteiger partial charge on any atom is 0.434 e. The number of H-pyrrole nitrogens is 1. The van der Waals surface area contributed by atoms with Crippen molar-refractivity contribution in [3.8, 4) is 0 Å². The van der Waals surface area contributed by atoms with Crippen molar-refractivity contribution in [3.63, 3.8) is 0 Å². The molecule has 34 heavy (non-hydrogen) atoms. The largest absolute Gasteiger partial charge is 0.434 e. The third kappa shape index (κ3) is 4.08. The molecule has 0 saturated carbocycles. The van der Waals surface area contributed by atoms with Gasteiger partial charge in [-0.2, -0.15) is 4.31 Å². The van der Waals surface area contributed by atoms with Gasteiger partial charge in [-0.3, -0.25) is 0 Å². The van der Waals surface area contributed by atoms with E-state index in [2.05, 4.69) is 26.1 Å². The monoisotopic (exact) mass is 572 g/mol. The molecule has 0 bridgehead atoms. The van der Waals surface area contributed by atoms with Crippen LogP contribution in [0.25, 0.3) is 0 Å². The van der Waals surface area contributed by atoms with Crippen LogP contribution < -0.4 is 10.7 Å². The number of aromatic nitrogens is 2. The fraction of sp³-hybridized carbons (Fsp3) is 0.364. The molecule has 3 aromatic rings. The fourth-order valence-corrected chi connectivity index (χ4v) is 7.44. The number of hydrogen-bond donors (Lipinski definition) is 1. The van der Waals surface area contributed by atoms with E-state index in [1.165, 1.54) is 10.4 Å². The van der Waals surface area contributed by atoms with Crippen molar-refractivity contribution < 1.29 is 17.2 Å². The topological polar surface area (TPSA) is 99.5 Å². The number of fused-ring (bicyclic) bond motifs is 1. The highest BCUT2D eigenvalue weighted by Gasteiger charge is 2.45. The van der Waals surface area contributed by atoms with E-state index in [-0.39, 0.29) is 22.8 Å². The van der Waals surface area contributed by atoms with E-state index >= 15 is 4.39 Å². The standard InChI is InChI=1S/C22H23BrClFN4O4S/c1-11-5-6-16(25)18(12(11)2)13(3)19(21-26-27-22(30)33-21)29-10-28(4)17-8-15(24)7-14(9-23)20(17)34(29,31)32/h5-8,13,19H,9-10H2,1-4H3,(H,27,30)/t13-,19+/m1/s1. The molecule has 2 heterocycles. The summed E-state index contributed by atoms with van der Waals surface area (Å²) in [5, 5.41) is 6.80. The first-order chi connectivity index (χ1) is 16.0. The Hall–Kier alpha value is -2.21. The van der Waals surface area contributed by atoms with Gasteiger partial charge in [0.1, 0.15) is 16.8 Å². The normalized spacial score (nSPS) is 17.4. The number of nitrogens with zero attached hydrogens (tertiary/aromatic N) is 3. The van der Waals surface area contributed by atoms with Crippen LogP contribution in [0.4, 0.5) is 10.1 Å². The molecule has 0 aliphatic carbocycles. The van der Waals surface area contributed by atoms with Gasteiger partial charge >= 0.3 is 5.76 Å². The van der Waals surface area contributed by atoms with Gasteiger partial charge in [-0.05, 0) is 54.3 Å². The van der Waals surface area contributed by atoms with Crippen molar-refractivity contribution in [3.05, 3.63) is 73.8 Å². The van der Waals surface area contributed by atoms with Gasteiger partial charge in [0.25, 0.3) is 0 Å². The molecule has 0 radical (unpaired) electrons. The third-order valence-electron chi connectivity index (χ3n) is 6.26. The van der Waals surface area contributed by atoms with Crippen LogP contribution in [-0.4, -0.2) is 36.6 Å². The fourth-order valence-electron chi connectivity index (χ4n) is 4.51. The number of rotatable bonds is 5. The van der Waals surface area contributed by atoms with Crippen molar-refractivity contribution in [2.45, 2.75) is 43.0 Å². The number of anilines is 1. The van der Waals surface area contributed by atoms with Crippen molar-refractivity contribution in [2.24, 2.45) is 0 Å². The van der Waals surface area contributed by atoms with E-state index in [9.17, 15) is 13.2 Å². The summed E-state index contributed by atoms with van der Waals surface area (Å²) in [7, 11) is -2.41. The average Bonchev–Trinajstić information content (AvgIpc) is 3.20. The van der Waals surface area contributed by atoms with Crippen LogP contribution in [0.1, 0.15) is 47.0 Å². The third-order valence-corrected chi connectivity index (χ3v) is 9.03. The molecule has 4 rings (SSSR count). The first-order valence-electron chi connectivity index (χ1n) is 10.4. The molecule has 0 unspecified atom stereocenters. The molecule has 8 nitrogen and oxygen atoms in total. The summed E-state index contributed by atoms with van der Waals surface area (Å²) in [5.74, 6) is -2.19. The summed E-state index contributed by atoms with van der Waals surface area (Å²) in [6.07, 6.45) is 0. The molecule has 1 aliphatic rings. The molecule has 0 saturated heterocycles. The van der Waals surface area contributed by atoms with E-state index in [1.54, 1.807) is 44.0 Å². The minimum Gasteiger partial charge on any atom is -0.391 e. The number of hydrogen-bond acceptors (Lipinski definition) is 6. The SMILES string of the molecule is Cc1ccc(F)c([C@@H](C)[C@@H](c2n[nH]c(=O)o2)N2CN(C)c3cc(Cl)cc(CBr)c3S2(=O)=O)c1C. The number of aryl methyl sites for hydroxylation is 1. The van der Waals surface area contributed by atoms with Crippen molar-refractivity contribution >= 4 is 43.2 Å². The average molecular weight is 574 g/mol. The minimum absolute atomic E-state index is 0.0824. The van der Waals surface area contributed by atoms with Crippen LogP contribution in [0.3, 0.4) is 0 Å². The van der Waals surface area contributed by atoms with Crippen LogP contribution in [0.5, 0.6) is 0 Å². The zero-order valence-corrected chi connectivity index (χ0v) is 22.1. The van der Waals surface area contributed by atoms with Crippen LogP contribution in [0, 0.1) is 19.7 Å². The number of nitrogens with one attached hydrogen (secondary N) is 1. The number of benzene rings is 2. The van der Waals surface area contributed by atoms with Gasteiger partial charge in [-0.25, -0.2) is 22.7 Å². The summed E-state index contributed by atoms with van der Waals surface area (Å²) < 4.78 is 49.6. The quantitative estimate of drug-likeness (QED) is 0.448. The Labute approximate surface area is 209 Å². The molecule has 0 spiro atoms. The van der Waals surface area contributed by atoms with Gasteiger partial charge in [0.05, 0.1) is 12.4 Å². The summed E-state index contributed by atoms with van der Waals surface area (Å²) >= 11 is 9.59. The lowest BCUT2D eigenvalue weighted by Crippen LogP contribution is -2.48. The molecular formula is C22H23BrClFN4O4S. The Balaban J connectivity index is 1.96. The second-order valence-electron chi connectivity index (χ2n) is 8.37. The molecule has 2 atom stereocenters. The maximum absolute atomic E-state index is 15.1. The second kappa shape index (κ2) is 9.10. The van der Waals surface area contributed by atoms with Gasteiger partial charge in [0.2, 0.25) is 15.9 Å². The summed E-state index contributed by atoms with van der Waals surface area (Å²) in [5.41, 5.74) is 2.80. The Kier molecular flexibility index (Phi) is 6.67. The highest BCUT2D eigenvalue weighted by Crippen LogP contribution is 2.45. The summed E-state index contributed by atoms with van der Waals surface area (Å²) in [4.78, 5) is 13.6. The van der Waals surface area contributed by atoms with Crippen molar-refractivity contribution in [1.82, 2.24) is 14.5 Å². The molecule has 1 aliphatic heterocycles. The van der Waals surface area contributed by atoms with E-state index in [0.717, 1.165) is 5.56 Å². The van der Waals surface area contributed by atoms with E-state index in [4.69, 9.17) is 16.0 Å². The molecule has 182 valence electrons. The molecule has 1 N–H and O–H groups in total. The molecule has 1 aromatic heterocycles. The Bertz CT molecular complexity index is 1420. The highest BCUT2D eigenvalue weighted by molar-refractivity contribution is 9.08. The minimum atomic E-state index is -4.14. The Morgan fingerprint density at radius 1 is 1.32 bits per heavy atom. The first kappa shape index (κ1) is 24.9. The van der Waals surface area contributed by atoms with Crippen LogP contribution in [0.15, 0.2) is 38.4 Å². The predicted molar refractivity (Wildman–Crippen MR) is 131 cm³/mol. The lowest BCUT2D eigenvalue weighted by molar-refractivity contribution is 0.237. The van der Waals surface area contributed by atoms with E-state index in [1.807, 2.05) is 6.92 Å². The Morgan fingerprint density at radius 2 is 2.03 bits per heavy atom. The molecule has 0 fully saturated rings. The van der Waals surface area contributed by atoms with Gasteiger partial charge in [0, 0.05) is 23.3 Å². The van der Waals surface area contributed by atoms with Crippen LogP contribution in [0.2, 0.25) is 5.02 Å². The van der Waals surface area contributed by atoms with Crippen molar-refractivity contribution in [2.75, 3.05) is 18.6 Å². The van der Waals surface area contributed by atoms with Gasteiger partial charge < -0.3 is 9.32 Å². The lowest BCUT2D eigenvalue weighted by atomic mass is 9.87. The Morgan fingerprint density at radius 3 is 2.65 bits per heavy atom. The summed E-state index contributed by atoms with van der Waals surface area (Å²) in [6, 6.07) is 5.09. The zero-order valence-electron chi connectivity index (χ0n) is 18.9. The molecule has 2 aromatic carbocycles. The number of sulfonamides is 1. The van der Waals surface area contributed by atoms with Crippen LogP contribution in [-0.2, 0) is 15.4 Å². The van der Waals surface area contributed by atoms with Crippen molar-refractivity contribution in [1.29, 1.82) is 0 Å².